The highest BCUT2D eigenvalue weighted by Crippen LogP contribution is 2.68. The SMILES string of the molecule is COC(=O)CCC(C)C1CCC2C3C(O)CC4CC(NCCCNCCCCNCCCN)CCC4(C)C3CCC12C. The summed E-state index contributed by atoms with van der Waals surface area (Å²) >= 11 is 0. The molecule has 0 bridgehead atoms. The van der Waals surface area contributed by atoms with Crippen molar-refractivity contribution >= 4 is 5.97 Å². The lowest BCUT2D eigenvalue weighted by Gasteiger charge is -2.62. The number of ether oxygens (including phenoxy) is 1. The maximum atomic E-state index is 11.8. The number of carbonyl (C=O) groups excluding carboxylic acids is 1. The molecule has 4 rings (SSSR count). The van der Waals surface area contributed by atoms with Gasteiger partial charge in [-0.05, 0) is 169 Å². The van der Waals surface area contributed by atoms with Crippen molar-refractivity contribution in [3.63, 3.8) is 0 Å². The second-order valence-corrected chi connectivity index (χ2v) is 15.2. The van der Waals surface area contributed by atoms with E-state index >= 15 is 0 Å². The molecule has 0 aromatic rings. The molecule has 0 radical (unpaired) electrons. The van der Waals surface area contributed by atoms with E-state index in [1.54, 1.807) is 0 Å². The van der Waals surface area contributed by atoms with Crippen molar-refractivity contribution in [3.8, 4) is 0 Å². The van der Waals surface area contributed by atoms with Crippen LogP contribution in [-0.4, -0.2) is 69.6 Å². The largest absolute Gasteiger partial charge is 0.469 e. The molecule has 0 aromatic heterocycles. The number of unbranched alkanes of at least 4 members (excludes halogenated alkanes) is 1. The summed E-state index contributed by atoms with van der Waals surface area (Å²) in [5.41, 5.74) is 6.21. The molecule has 10 atom stereocenters. The van der Waals surface area contributed by atoms with E-state index in [1.165, 1.54) is 71.3 Å². The van der Waals surface area contributed by atoms with Gasteiger partial charge in [0.2, 0.25) is 0 Å². The van der Waals surface area contributed by atoms with Gasteiger partial charge in [-0.3, -0.25) is 4.79 Å². The predicted molar refractivity (Wildman–Crippen MR) is 172 cm³/mol. The summed E-state index contributed by atoms with van der Waals surface area (Å²) in [4.78, 5) is 11.8. The Labute approximate surface area is 257 Å². The number of carbonyl (C=O) groups is 1. The average molecular weight is 591 g/mol. The lowest BCUT2D eigenvalue weighted by atomic mass is 9.43. The number of fused-ring (bicyclic) bond motifs is 5. The van der Waals surface area contributed by atoms with Crippen molar-refractivity contribution in [1.82, 2.24) is 16.0 Å². The number of aliphatic hydroxyl groups is 1. The molecule has 0 aromatic carbocycles. The number of rotatable bonds is 17. The first-order valence-corrected chi connectivity index (χ1v) is 17.8. The predicted octanol–water partition coefficient (Wildman–Crippen LogP) is 4.86. The van der Waals surface area contributed by atoms with Gasteiger partial charge in [0.05, 0.1) is 13.2 Å². The molecule has 4 saturated carbocycles. The third kappa shape index (κ3) is 7.91. The van der Waals surface area contributed by atoms with Gasteiger partial charge in [0, 0.05) is 12.5 Å². The third-order valence-electron chi connectivity index (χ3n) is 13.0. The zero-order chi connectivity index (χ0) is 30.2. The molecule has 0 saturated heterocycles. The highest BCUT2D eigenvalue weighted by atomic mass is 16.5. The lowest BCUT2D eigenvalue weighted by molar-refractivity contribution is -0.167. The fraction of sp³-hybridized carbons (Fsp3) is 0.971. The topological polar surface area (TPSA) is 109 Å². The van der Waals surface area contributed by atoms with E-state index in [1.807, 2.05) is 0 Å². The van der Waals surface area contributed by atoms with E-state index in [4.69, 9.17) is 10.5 Å². The first-order valence-electron chi connectivity index (χ1n) is 17.8. The van der Waals surface area contributed by atoms with E-state index < -0.39 is 0 Å². The number of esters is 1. The molecule has 0 amide bonds. The molecular weight excluding hydrogens is 524 g/mol. The zero-order valence-corrected chi connectivity index (χ0v) is 27.6. The molecule has 0 spiro atoms. The molecular formula is C35H66N4O3. The normalized spacial score (nSPS) is 38.4. The first-order chi connectivity index (χ1) is 20.2. The van der Waals surface area contributed by atoms with Crippen molar-refractivity contribution in [1.29, 1.82) is 0 Å². The Morgan fingerprint density at radius 3 is 2.29 bits per heavy atom. The maximum absolute atomic E-state index is 11.8. The average Bonchev–Trinajstić information content (AvgIpc) is 3.34. The van der Waals surface area contributed by atoms with Crippen LogP contribution in [0, 0.1) is 46.3 Å². The van der Waals surface area contributed by atoms with Crippen LogP contribution in [0.3, 0.4) is 0 Å². The highest BCUT2D eigenvalue weighted by Gasteiger charge is 2.62. The summed E-state index contributed by atoms with van der Waals surface area (Å²) in [6.45, 7) is 13.7. The smallest absolute Gasteiger partial charge is 0.305 e. The zero-order valence-electron chi connectivity index (χ0n) is 27.6. The summed E-state index contributed by atoms with van der Waals surface area (Å²) < 4.78 is 4.93. The summed E-state index contributed by atoms with van der Waals surface area (Å²) in [7, 11) is 1.50. The molecule has 42 heavy (non-hydrogen) atoms. The quantitative estimate of drug-likeness (QED) is 0.122. The van der Waals surface area contributed by atoms with Gasteiger partial charge in [-0.15, -0.1) is 0 Å². The Bertz CT molecular complexity index is 828. The number of hydrogen-bond donors (Lipinski definition) is 5. The fourth-order valence-electron chi connectivity index (χ4n) is 10.5. The minimum atomic E-state index is -0.152. The molecule has 0 heterocycles. The van der Waals surface area contributed by atoms with Crippen LogP contribution in [0.15, 0.2) is 0 Å². The van der Waals surface area contributed by atoms with Crippen molar-refractivity contribution in [2.45, 2.75) is 123 Å². The molecule has 10 unspecified atom stereocenters. The first kappa shape index (κ1) is 34.1. The van der Waals surface area contributed by atoms with Crippen LogP contribution < -0.4 is 21.7 Å². The van der Waals surface area contributed by atoms with Gasteiger partial charge in [-0.2, -0.15) is 0 Å². The summed E-state index contributed by atoms with van der Waals surface area (Å²) in [5, 5.41) is 22.7. The highest BCUT2D eigenvalue weighted by molar-refractivity contribution is 5.69. The Hall–Kier alpha value is -0.730. The number of hydrogen-bond acceptors (Lipinski definition) is 7. The van der Waals surface area contributed by atoms with Gasteiger partial charge in [0.25, 0.3) is 0 Å². The van der Waals surface area contributed by atoms with Crippen LogP contribution in [0.25, 0.3) is 0 Å². The monoisotopic (exact) mass is 591 g/mol. The summed E-state index contributed by atoms with van der Waals surface area (Å²) in [6.07, 6.45) is 15.9. The molecule has 0 aliphatic heterocycles. The lowest BCUT2D eigenvalue weighted by Crippen LogP contribution is -2.59. The molecule has 7 heteroatoms. The van der Waals surface area contributed by atoms with Crippen LogP contribution in [0.2, 0.25) is 0 Å². The number of methoxy groups -OCH3 is 1. The Morgan fingerprint density at radius 1 is 0.905 bits per heavy atom. The van der Waals surface area contributed by atoms with Crippen molar-refractivity contribution in [2.75, 3.05) is 46.4 Å². The van der Waals surface area contributed by atoms with E-state index in [2.05, 4.69) is 36.7 Å². The minimum Gasteiger partial charge on any atom is -0.469 e. The molecule has 4 aliphatic carbocycles. The van der Waals surface area contributed by atoms with Crippen molar-refractivity contribution in [3.05, 3.63) is 0 Å². The van der Waals surface area contributed by atoms with E-state index in [0.717, 1.165) is 58.5 Å². The number of nitrogens with one attached hydrogen (secondary N) is 3. The van der Waals surface area contributed by atoms with Crippen molar-refractivity contribution < 1.29 is 14.6 Å². The second-order valence-electron chi connectivity index (χ2n) is 15.2. The number of nitrogens with two attached hydrogens (primary N) is 1. The number of aliphatic hydroxyl groups excluding tert-OH is 1. The summed E-state index contributed by atoms with van der Waals surface area (Å²) in [6, 6.07) is 0.604. The Kier molecular flexibility index (Phi) is 13.0. The second kappa shape index (κ2) is 16.0. The maximum Gasteiger partial charge on any atom is 0.305 e. The van der Waals surface area contributed by atoms with Gasteiger partial charge in [0.15, 0.2) is 0 Å². The molecule has 244 valence electrons. The van der Waals surface area contributed by atoms with Gasteiger partial charge < -0.3 is 31.5 Å². The van der Waals surface area contributed by atoms with Crippen LogP contribution in [0.1, 0.15) is 111 Å². The van der Waals surface area contributed by atoms with Crippen LogP contribution in [-0.2, 0) is 9.53 Å². The Balaban J connectivity index is 1.20. The van der Waals surface area contributed by atoms with Crippen LogP contribution in [0.5, 0.6) is 0 Å². The van der Waals surface area contributed by atoms with Crippen LogP contribution >= 0.6 is 0 Å². The van der Waals surface area contributed by atoms with Gasteiger partial charge >= 0.3 is 5.97 Å². The molecule has 4 aliphatic rings. The Morgan fingerprint density at radius 2 is 1.57 bits per heavy atom. The van der Waals surface area contributed by atoms with Gasteiger partial charge in [-0.25, -0.2) is 0 Å². The van der Waals surface area contributed by atoms with Gasteiger partial charge in [0.1, 0.15) is 0 Å². The van der Waals surface area contributed by atoms with E-state index in [9.17, 15) is 9.90 Å². The summed E-state index contributed by atoms with van der Waals surface area (Å²) in [5.74, 6) is 3.49. The van der Waals surface area contributed by atoms with E-state index in [-0.39, 0.29) is 12.1 Å². The third-order valence-corrected chi connectivity index (χ3v) is 13.0. The minimum absolute atomic E-state index is 0.0810. The molecule has 7 nitrogen and oxygen atoms in total. The van der Waals surface area contributed by atoms with Crippen LogP contribution in [0.4, 0.5) is 0 Å². The molecule has 4 fully saturated rings. The standard InChI is InChI=1S/C35H66N4O3/c1-25(9-12-32(41)42-4)28-10-11-29-33-30(14-16-35(28,29)3)34(2)15-13-27(23-26(34)24-31(33)40)39-22-8-21-38-19-6-5-18-37-20-7-17-36/h25-31,33,37-40H,5-24,36H2,1-4H3. The van der Waals surface area contributed by atoms with Gasteiger partial charge in [-0.1, -0.05) is 20.8 Å². The van der Waals surface area contributed by atoms with Crippen molar-refractivity contribution in [2.24, 2.45) is 52.1 Å². The fourth-order valence-corrected chi connectivity index (χ4v) is 10.5. The van der Waals surface area contributed by atoms with E-state index in [0.29, 0.717) is 58.8 Å². The molecule has 6 N–H and O–H groups in total.